The van der Waals surface area contributed by atoms with Crippen LogP contribution in [0.5, 0.6) is 0 Å². The van der Waals surface area contributed by atoms with E-state index < -0.39 is 0 Å². The van der Waals surface area contributed by atoms with Crippen LogP contribution in [0.25, 0.3) is 0 Å². The molecule has 1 aliphatic heterocycles. The molecule has 3 atom stereocenters. The fraction of sp³-hybridized carbons (Fsp3) is 0.944. The highest BCUT2D eigenvalue weighted by Gasteiger charge is 2.20. The van der Waals surface area contributed by atoms with E-state index in [0.717, 1.165) is 43.3 Å². The van der Waals surface area contributed by atoms with Gasteiger partial charge >= 0.3 is 0 Å². The second-order valence-corrected chi connectivity index (χ2v) is 7.49. The summed E-state index contributed by atoms with van der Waals surface area (Å²) in [6, 6.07) is 0. The highest BCUT2D eigenvalue weighted by Crippen LogP contribution is 2.30. The maximum Gasteiger partial charge on any atom is 0.191 e. The highest BCUT2D eigenvalue weighted by atomic mass is 127. The van der Waals surface area contributed by atoms with E-state index in [-0.39, 0.29) is 24.0 Å². The Morgan fingerprint density at radius 2 is 2.00 bits per heavy atom. The van der Waals surface area contributed by atoms with E-state index >= 15 is 0 Å². The van der Waals surface area contributed by atoms with E-state index in [2.05, 4.69) is 36.4 Å². The smallest absolute Gasteiger partial charge is 0.191 e. The molecule has 2 fully saturated rings. The molecular weight excluding hydrogens is 399 g/mol. The van der Waals surface area contributed by atoms with Crippen molar-refractivity contribution in [2.75, 3.05) is 39.8 Å². The molecule has 136 valence electrons. The van der Waals surface area contributed by atoms with Crippen molar-refractivity contribution >= 4 is 29.9 Å². The lowest BCUT2D eigenvalue weighted by molar-refractivity contribution is 0.270. The average Bonchev–Trinajstić information content (AvgIpc) is 2.90. The van der Waals surface area contributed by atoms with E-state index in [9.17, 15) is 0 Å². The molecule has 0 amide bonds. The third-order valence-electron chi connectivity index (χ3n) is 5.23. The van der Waals surface area contributed by atoms with Gasteiger partial charge in [-0.3, -0.25) is 4.99 Å². The molecule has 1 aliphatic carbocycles. The number of nitrogens with one attached hydrogen (secondary N) is 2. The molecule has 5 heteroatoms. The number of hydrogen-bond acceptors (Lipinski definition) is 2. The monoisotopic (exact) mass is 436 g/mol. The number of hydrogen-bond donors (Lipinski definition) is 2. The quantitative estimate of drug-likeness (QED) is 0.381. The van der Waals surface area contributed by atoms with Crippen LogP contribution in [-0.2, 0) is 0 Å². The van der Waals surface area contributed by atoms with Gasteiger partial charge in [0, 0.05) is 26.2 Å². The summed E-state index contributed by atoms with van der Waals surface area (Å²) in [5.41, 5.74) is 0. The summed E-state index contributed by atoms with van der Waals surface area (Å²) >= 11 is 0. The molecule has 23 heavy (non-hydrogen) atoms. The number of rotatable bonds is 6. The van der Waals surface area contributed by atoms with Gasteiger partial charge in [0.15, 0.2) is 5.96 Å². The van der Waals surface area contributed by atoms with Crippen molar-refractivity contribution in [3.05, 3.63) is 0 Å². The van der Waals surface area contributed by atoms with Crippen molar-refractivity contribution in [1.82, 2.24) is 15.5 Å². The number of aliphatic imine (C=N–C) groups is 1. The minimum absolute atomic E-state index is 0. The molecule has 0 radical (unpaired) electrons. The van der Waals surface area contributed by atoms with Gasteiger partial charge in [0.2, 0.25) is 0 Å². The summed E-state index contributed by atoms with van der Waals surface area (Å²) in [6.07, 6.45) is 8.29. The summed E-state index contributed by atoms with van der Waals surface area (Å²) in [6.45, 7) is 9.94. The average molecular weight is 436 g/mol. The van der Waals surface area contributed by atoms with Gasteiger partial charge in [0.25, 0.3) is 0 Å². The molecule has 0 aromatic carbocycles. The zero-order valence-electron chi connectivity index (χ0n) is 15.3. The van der Waals surface area contributed by atoms with Gasteiger partial charge in [0.1, 0.15) is 0 Å². The van der Waals surface area contributed by atoms with Gasteiger partial charge in [0.05, 0.1) is 0 Å². The predicted octanol–water partition coefficient (Wildman–Crippen LogP) is 3.33. The van der Waals surface area contributed by atoms with Crippen molar-refractivity contribution in [2.45, 2.75) is 52.4 Å². The minimum Gasteiger partial charge on any atom is -0.357 e. The molecule has 4 nitrogen and oxygen atoms in total. The van der Waals surface area contributed by atoms with Crippen LogP contribution in [0.4, 0.5) is 0 Å². The van der Waals surface area contributed by atoms with Crippen molar-refractivity contribution < 1.29 is 0 Å². The first-order valence-corrected chi connectivity index (χ1v) is 9.38. The van der Waals surface area contributed by atoms with Gasteiger partial charge in [-0.1, -0.05) is 26.2 Å². The lowest BCUT2D eigenvalue weighted by Gasteiger charge is -2.26. The molecule has 0 aromatic heterocycles. The zero-order chi connectivity index (χ0) is 15.8. The first kappa shape index (κ1) is 21.0. The molecule has 2 N–H and O–H groups in total. The van der Waals surface area contributed by atoms with Crippen molar-refractivity contribution in [2.24, 2.45) is 22.7 Å². The number of nitrogens with zero attached hydrogens (tertiary/aromatic N) is 2. The molecular formula is C18H37IN4. The van der Waals surface area contributed by atoms with Crippen molar-refractivity contribution in [3.8, 4) is 0 Å². The van der Waals surface area contributed by atoms with E-state index in [4.69, 9.17) is 4.99 Å². The number of halogens is 1. The fourth-order valence-electron chi connectivity index (χ4n) is 3.95. The van der Waals surface area contributed by atoms with Crippen molar-refractivity contribution in [3.63, 3.8) is 0 Å². The Morgan fingerprint density at radius 1 is 1.17 bits per heavy atom. The minimum atomic E-state index is 0. The van der Waals surface area contributed by atoms with Gasteiger partial charge in [-0.2, -0.15) is 0 Å². The second kappa shape index (κ2) is 11.5. The Balaban J connectivity index is 0.00000264. The van der Waals surface area contributed by atoms with E-state index in [0.29, 0.717) is 0 Å². The van der Waals surface area contributed by atoms with Crippen LogP contribution in [0, 0.1) is 17.8 Å². The summed E-state index contributed by atoms with van der Waals surface area (Å²) in [5, 5.41) is 6.93. The zero-order valence-corrected chi connectivity index (χ0v) is 17.6. The molecule has 0 aromatic rings. The van der Waals surface area contributed by atoms with Crippen LogP contribution in [0.15, 0.2) is 4.99 Å². The molecule has 0 bridgehead atoms. The van der Waals surface area contributed by atoms with Crippen LogP contribution < -0.4 is 10.6 Å². The maximum atomic E-state index is 4.80. The maximum absolute atomic E-state index is 4.80. The van der Waals surface area contributed by atoms with Gasteiger partial charge in [-0.05, 0) is 57.5 Å². The third-order valence-corrected chi connectivity index (χ3v) is 5.23. The summed E-state index contributed by atoms with van der Waals surface area (Å²) in [4.78, 5) is 7.20. The molecule has 1 heterocycles. The van der Waals surface area contributed by atoms with Gasteiger partial charge < -0.3 is 15.5 Å². The summed E-state index contributed by atoms with van der Waals surface area (Å²) in [7, 11) is 2.21. The second-order valence-electron chi connectivity index (χ2n) is 7.49. The predicted molar refractivity (Wildman–Crippen MR) is 111 cm³/mol. The lowest BCUT2D eigenvalue weighted by Crippen LogP contribution is -2.39. The molecule has 0 spiro atoms. The van der Waals surface area contributed by atoms with Crippen LogP contribution in [0.2, 0.25) is 0 Å². The normalized spacial score (nSPS) is 29.2. The van der Waals surface area contributed by atoms with Crippen LogP contribution in [-0.4, -0.2) is 50.6 Å². The highest BCUT2D eigenvalue weighted by molar-refractivity contribution is 14.0. The van der Waals surface area contributed by atoms with E-state index in [1.54, 1.807) is 0 Å². The first-order valence-electron chi connectivity index (χ1n) is 9.38. The van der Waals surface area contributed by atoms with Crippen LogP contribution in [0.1, 0.15) is 52.4 Å². The number of likely N-dealkylation sites (tertiary alicyclic amines) is 1. The Bertz CT molecular complexity index is 348. The van der Waals surface area contributed by atoms with Crippen LogP contribution in [0.3, 0.4) is 0 Å². The standard InChI is InChI=1S/C18H36N4.HI/c1-4-19-18(21-13-17-9-11-22(3)14-17)20-10-8-16-7-5-6-15(2)12-16;/h15-17H,4-14H2,1-3H3,(H2,19,20,21);1H. The molecule has 2 aliphatic rings. The molecule has 3 unspecified atom stereocenters. The number of guanidine groups is 1. The van der Waals surface area contributed by atoms with E-state index in [1.165, 1.54) is 51.6 Å². The molecule has 1 saturated carbocycles. The Kier molecular flexibility index (Phi) is 10.5. The largest absolute Gasteiger partial charge is 0.357 e. The van der Waals surface area contributed by atoms with E-state index in [1.807, 2.05) is 0 Å². The summed E-state index contributed by atoms with van der Waals surface area (Å²) < 4.78 is 0. The summed E-state index contributed by atoms with van der Waals surface area (Å²) in [5.74, 6) is 3.60. The Hall–Kier alpha value is -0.0400. The Morgan fingerprint density at radius 3 is 2.65 bits per heavy atom. The van der Waals surface area contributed by atoms with Crippen LogP contribution >= 0.6 is 24.0 Å². The topological polar surface area (TPSA) is 39.7 Å². The van der Waals surface area contributed by atoms with Crippen molar-refractivity contribution in [1.29, 1.82) is 0 Å². The fourth-order valence-corrected chi connectivity index (χ4v) is 3.95. The molecule has 2 rings (SSSR count). The third kappa shape index (κ3) is 8.05. The van der Waals surface area contributed by atoms with Gasteiger partial charge in [-0.15, -0.1) is 24.0 Å². The first-order chi connectivity index (χ1) is 10.7. The Labute approximate surface area is 160 Å². The molecule has 1 saturated heterocycles. The lowest BCUT2D eigenvalue weighted by atomic mass is 9.81. The van der Waals surface area contributed by atoms with Gasteiger partial charge in [-0.25, -0.2) is 0 Å². The SMILES string of the molecule is CCNC(=NCC1CCN(C)C1)NCCC1CCCC(C)C1.I.